The van der Waals surface area contributed by atoms with Crippen LogP contribution in [-0.2, 0) is 0 Å². The summed E-state index contributed by atoms with van der Waals surface area (Å²) in [6.07, 6.45) is 7.87. The van der Waals surface area contributed by atoms with E-state index < -0.39 is 0 Å². The Labute approximate surface area is 233 Å². The van der Waals surface area contributed by atoms with Gasteiger partial charge in [0, 0.05) is 0 Å². The Bertz CT molecular complexity index is 665. The van der Waals surface area contributed by atoms with E-state index in [4.69, 9.17) is 0 Å². The van der Waals surface area contributed by atoms with Gasteiger partial charge in [0.25, 0.3) is 0 Å². The predicted octanol–water partition coefficient (Wildman–Crippen LogP) is 4.92. The maximum atomic E-state index is 4.53. The van der Waals surface area contributed by atoms with E-state index in [-0.39, 0.29) is 73.9 Å². The third-order valence-corrected chi connectivity index (χ3v) is 3.13. The first kappa shape index (κ1) is 30.3. The van der Waals surface area contributed by atoms with Gasteiger partial charge in [-0.3, -0.25) is 20.0 Å². The van der Waals surface area contributed by atoms with Crippen LogP contribution in [0.4, 0.5) is 0 Å². The second kappa shape index (κ2) is 11.5. The number of amidine groups is 4. The first-order valence-corrected chi connectivity index (χ1v) is 10.6. The number of hydrogen-bond donors (Lipinski definition) is 2. The Morgan fingerprint density at radius 1 is 0.452 bits per heavy atom. The van der Waals surface area contributed by atoms with Crippen LogP contribution in [0.1, 0.15) is 85.9 Å². The zero-order chi connectivity index (χ0) is 23.4. The van der Waals surface area contributed by atoms with Crippen LogP contribution in [0.25, 0.3) is 0 Å². The molecule has 0 aliphatic carbocycles. The third-order valence-electron chi connectivity index (χ3n) is 3.13. The standard InChI is InChI=1S/2C12H21N3.Ba.2H/c2*1-11(2,3)14-9-7-8-10(13-9)15-12(4,5)6;;;/h2*7-8H,1-6H3,(H,13,14,15);;;/q;;+2;2*-1. The van der Waals surface area contributed by atoms with Crippen LogP contribution in [0.15, 0.2) is 44.3 Å². The third kappa shape index (κ3) is 15.7. The first-order chi connectivity index (χ1) is 13.3. The minimum absolute atomic E-state index is 0. The summed E-state index contributed by atoms with van der Waals surface area (Å²) in [4.78, 5) is 18.1. The average molecular weight is 554 g/mol. The molecule has 0 fully saturated rings. The number of nitrogens with zero attached hydrogens (tertiary/aromatic N) is 4. The molecule has 0 radical (unpaired) electrons. The summed E-state index contributed by atoms with van der Waals surface area (Å²) in [5.41, 5.74) is -0.207. The Balaban J connectivity index is -0.000000500. The van der Waals surface area contributed by atoms with E-state index in [1.54, 1.807) is 0 Å². The van der Waals surface area contributed by atoms with E-state index in [0.29, 0.717) is 0 Å². The Morgan fingerprint density at radius 2 is 0.613 bits per heavy atom. The molecule has 7 heteroatoms. The zero-order valence-electron chi connectivity index (χ0n) is 23.8. The minimum Gasteiger partial charge on any atom is -1.00 e. The molecular formula is C24H44BaN6. The Kier molecular flexibility index (Phi) is 11.2. The molecule has 2 N–H and O–H groups in total. The normalized spacial score (nSPS) is 21.8. The zero-order valence-corrected chi connectivity index (χ0v) is 26.2. The van der Waals surface area contributed by atoms with E-state index in [9.17, 15) is 0 Å². The second-order valence-electron chi connectivity index (χ2n) is 11.6. The van der Waals surface area contributed by atoms with Gasteiger partial charge in [-0.1, -0.05) is 0 Å². The summed E-state index contributed by atoms with van der Waals surface area (Å²) in [5, 5.41) is 6.39. The molecule has 0 amide bonds. The van der Waals surface area contributed by atoms with Gasteiger partial charge in [-0.2, -0.15) is 0 Å². The molecule has 0 bridgehead atoms. The Hall–Kier alpha value is -0.669. The van der Waals surface area contributed by atoms with Crippen LogP contribution in [0.5, 0.6) is 0 Å². The molecule has 0 aromatic rings. The molecule has 0 aromatic heterocycles. The van der Waals surface area contributed by atoms with Crippen LogP contribution in [0.3, 0.4) is 0 Å². The summed E-state index contributed by atoms with van der Waals surface area (Å²) < 4.78 is 0. The summed E-state index contributed by atoms with van der Waals surface area (Å²) in [6.45, 7) is 24.9. The van der Waals surface area contributed by atoms with E-state index in [1.807, 2.05) is 24.3 Å². The van der Waals surface area contributed by atoms with Crippen LogP contribution in [0.2, 0.25) is 0 Å². The van der Waals surface area contributed by atoms with Crippen LogP contribution in [0, 0.1) is 0 Å². The monoisotopic (exact) mass is 554 g/mol. The smallest absolute Gasteiger partial charge is 1.00 e. The quantitative estimate of drug-likeness (QED) is 0.418. The van der Waals surface area contributed by atoms with Gasteiger partial charge >= 0.3 is 48.9 Å². The first-order valence-electron chi connectivity index (χ1n) is 10.6. The molecule has 172 valence electrons. The van der Waals surface area contributed by atoms with Gasteiger partial charge in [-0.05, 0) is 107 Å². The molecule has 0 unspecified atom stereocenters. The van der Waals surface area contributed by atoms with Crippen molar-refractivity contribution >= 4 is 72.2 Å². The van der Waals surface area contributed by atoms with Crippen molar-refractivity contribution in [3.05, 3.63) is 24.3 Å². The molecule has 2 aliphatic rings. The maximum absolute atomic E-state index is 4.53. The summed E-state index contributed by atoms with van der Waals surface area (Å²) >= 11 is 0. The average Bonchev–Trinajstić information content (AvgIpc) is 3.02. The van der Waals surface area contributed by atoms with E-state index in [2.05, 4.69) is 114 Å². The molecule has 0 spiro atoms. The fraction of sp³-hybridized carbons (Fsp3) is 0.667. The summed E-state index contributed by atoms with van der Waals surface area (Å²) in [5.74, 6) is 3.58. The van der Waals surface area contributed by atoms with Crippen molar-refractivity contribution in [3.63, 3.8) is 0 Å². The van der Waals surface area contributed by atoms with Crippen molar-refractivity contribution in [2.45, 2.75) is 105 Å². The molecule has 0 aromatic carbocycles. The number of hydrogen-bond acceptors (Lipinski definition) is 4. The van der Waals surface area contributed by atoms with Crippen molar-refractivity contribution in [3.8, 4) is 0 Å². The van der Waals surface area contributed by atoms with Gasteiger partial charge in [-0.25, -0.2) is 0 Å². The topological polar surface area (TPSA) is 73.5 Å². The van der Waals surface area contributed by atoms with Gasteiger partial charge in [-0.15, -0.1) is 0 Å². The van der Waals surface area contributed by atoms with Gasteiger partial charge in [0.15, 0.2) is 0 Å². The van der Waals surface area contributed by atoms with Crippen molar-refractivity contribution in [1.29, 1.82) is 0 Å². The molecule has 6 nitrogen and oxygen atoms in total. The van der Waals surface area contributed by atoms with Gasteiger partial charge in [0.05, 0.1) is 22.2 Å². The van der Waals surface area contributed by atoms with Crippen LogP contribution in [-0.4, -0.2) is 94.4 Å². The summed E-state index contributed by atoms with van der Waals surface area (Å²) in [6, 6.07) is 0. The number of nitrogens with one attached hydrogen (secondary N) is 2. The molecule has 0 saturated carbocycles. The molecule has 0 saturated heterocycles. The second-order valence-corrected chi connectivity index (χ2v) is 11.6. The van der Waals surface area contributed by atoms with Crippen molar-refractivity contribution < 1.29 is 2.85 Å². The molecule has 2 rings (SSSR count). The minimum atomic E-state index is -0.0517. The fourth-order valence-corrected chi connectivity index (χ4v) is 2.45. The van der Waals surface area contributed by atoms with Gasteiger partial charge in [0.2, 0.25) is 0 Å². The van der Waals surface area contributed by atoms with Crippen molar-refractivity contribution in [2.24, 2.45) is 20.0 Å². The van der Waals surface area contributed by atoms with E-state index in [0.717, 1.165) is 23.3 Å². The SMILES string of the molecule is CC(C)(C)N=C1C=CC(=NC(C)(C)C)N1.CC(C)(C)N=C1C=CC(=NC(C)(C)C)N1.[Ba+2].[H-].[H-]. The Morgan fingerprint density at radius 3 is 0.742 bits per heavy atom. The predicted molar refractivity (Wildman–Crippen MR) is 141 cm³/mol. The molecular weight excluding hydrogens is 510 g/mol. The van der Waals surface area contributed by atoms with Crippen LogP contribution >= 0.6 is 0 Å². The largest absolute Gasteiger partial charge is 2.00 e. The van der Waals surface area contributed by atoms with Gasteiger partial charge < -0.3 is 13.5 Å². The van der Waals surface area contributed by atoms with Crippen molar-refractivity contribution in [1.82, 2.24) is 10.6 Å². The number of aliphatic imine (C=N–C) groups is 4. The maximum Gasteiger partial charge on any atom is 2.00 e. The van der Waals surface area contributed by atoms with Gasteiger partial charge in [0.1, 0.15) is 23.3 Å². The molecule has 2 heterocycles. The molecule has 2 aliphatic heterocycles. The van der Waals surface area contributed by atoms with Crippen molar-refractivity contribution in [2.75, 3.05) is 0 Å². The fourth-order valence-electron chi connectivity index (χ4n) is 2.45. The van der Waals surface area contributed by atoms with E-state index >= 15 is 0 Å². The van der Waals surface area contributed by atoms with Crippen LogP contribution < -0.4 is 10.6 Å². The summed E-state index contributed by atoms with van der Waals surface area (Å²) in [7, 11) is 0. The van der Waals surface area contributed by atoms with E-state index in [1.165, 1.54) is 0 Å². The number of rotatable bonds is 0. The molecule has 0 atom stereocenters. The molecule has 31 heavy (non-hydrogen) atoms.